The minimum Gasteiger partial charge on any atom is -0.287 e. The average molecular weight is 486 g/mol. The van der Waals surface area contributed by atoms with E-state index in [1.54, 1.807) is 22.6 Å². The molecule has 0 aliphatic carbocycles. The Balaban J connectivity index is 1.35. The number of carbonyl (C=O) groups is 1. The lowest BCUT2D eigenvalue weighted by molar-refractivity contribution is -0.116. The molecular formula is C26H23N5OS2. The summed E-state index contributed by atoms with van der Waals surface area (Å²) in [5.74, 6) is 0.244. The van der Waals surface area contributed by atoms with Crippen LogP contribution in [0, 0.1) is 6.92 Å². The standard InChI is InChI=1S/C26H23N5OS2/c1-19-11-13-21(14-12-19)31-18-27-29-26(31)33-17-24(32)30(16-15-20-7-3-2-4-8-20)25-28-22-9-5-6-10-23(22)34-25/h2-14,18H,15-17H2,1H3. The van der Waals surface area contributed by atoms with Gasteiger partial charge in [0.15, 0.2) is 10.3 Å². The lowest BCUT2D eigenvalue weighted by atomic mass is 10.1. The van der Waals surface area contributed by atoms with Gasteiger partial charge < -0.3 is 0 Å². The molecule has 0 atom stereocenters. The number of benzene rings is 3. The number of hydrogen-bond acceptors (Lipinski definition) is 6. The summed E-state index contributed by atoms with van der Waals surface area (Å²) in [7, 11) is 0. The smallest absolute Gasteiger partial charge is 0.239 e. The third-order valence-electron chi connectivity index (χ3n) is 5.43. The van der Waals surface area contributed by atoms with Crippen LogP contribution in [0.25, 0.3) is 15.9 Å². The second-order valence-corrected chi connectivity index (χ2v) is 9.80. The van der Waals surface area contributed by atoms with E-state index in [1.807, 2.05) is 71.3 Å². The van der Waals surface area contributed by atoms with Crippen LogP contribution in [0.1, 0.15) is 11.1 Å². The van der Waals surface area contributed by atoms with Gasteiger partial charge in [0.2, 0.25) is 5.91 Å². The van der Waals surface area contributed by atoms with Gasteiger partial charge in [-0.1, -0.05) is 83.3 Å². The molecule has 0 bridgehead atoms. The maximum Gasteiger partial charge on any atom is 0.239 e. The molecule has 34 heavy (non-hydrogen) atoms. The first-order chi connectivity index (χ1) is 16.7. The molecular weight excluding hydrogens is 462 g/mol. The quantitative estimate of drug-likeness (QED) is 0.270. The van der Waals surface area contributed by atoms with Crippen LogP contribution in [0.15, 0.2) is 90.3 Å². The molecule has 3 aromatic carbocycles. The van der Waals surface area contributed by atoms with Crippen LogP contribution in [-0.2, 0) is 11.2 Å². The first-order valence-corrected chi connectivity index (χ1v) is 12.8. The Kier molecular flexibility index (Phi) is 6.69. The van der Waals surface area contributed by atoms with Crippen LogP contribution in [0.3, 0.4) is 0 Å². The second kappa shape index (κ2) is 10.2. The lowest BCUT2D eigenvalue weighted by Crippen LogP contribution is -2.34. The van der Waals surface area contributed by atoms with Crippen molar-refractivity contribution in [1.82, 2.24) is 19.7 Å². The number of carbonyl (C=O) groups excluding carboxylic acids is 1. The molecule has 1 amide bonds. The Morgan fingerprint density at radius 1 is 1.00 bits per heavy atom. The molecule has 0 unspecified atom stereocenters. The second-order valence-electron chi connectivity index (χ2n) is 7.85. The van der Waals surface area contributed by atoms with Gasteiger partial charge in [-0.25, -0.2) is 4.98 Å². The summed E-state index contributed by atoms with van der Waals surface area (Å²) in [6.07, 6.45) is 2.44. The number of amides is 1. The molecule has 0 fully saturated rings. The minimum absolute atomic E-state index is 0.00144. The van der Waals surface area contributed by atoms with E-state index in [2.05, 4.69) is 29.3 Å². The monoisotopic (exact) mass is 485 g/mol. The first-order valence-electron chi connectivity index (χ1n) is 11.0. The Labute approximate surface area is 206 Å². The van der Waals surface area contributed by atoms with Gasteiger partial charge in [-0.2, -0.15) is 0 Å². The highest BCUT2D eigenvalue weighted by Crippen LogP contribution is 2.30. The molecule has 2 aromatic heterocycles. The summed E-state index contributed by atoms with van der Waals surface area (Å²) in [4.78, 5) is 20.0. The fourth-order valence-corrected chi connectivity index (χ4v) is 5.41. The molecule has 5 aromatic rings. The number of aryl methyl sites for hydroxylation is 1. The van der Waals surface area contributed by atoms with E-state index in [1.165, 1.54) is 22.9 Å². The van der Waals surface area contributed by atoms with E-state index in [0.29, 0.717) is 11.7 Å². The van der Waals surface area contributed by atoms with Gasteiger partial charge >= 0.3 is 0 Å². The van der Waals surface area contributed by atoms with Crippen LogP contribution in [0.2, 0.25) is 0 Å². The summed E-state index contributed by atoms with van der Waals surface area (Å²) < 4.78 is 2.98. The molecule has 0 saturated heterocycles. The molecule has 0 aliphatic rings. The highest BCUT2D eigenvalue weighted by molar-refractivity contribution is 7.99. The largest absolute Gasteiger partial charge is 0.287 e. The van der Waals surface area contributed by atoms with Crippen molar-refractivity contribution in [2.24, 2.45) is 0 Å². The van der Waals surface area contributed by atoms with Gasteiger partial charge in [-0.05, 0) is 43.2 Å². The van der Waals surface area contributed by atoms with Crippen LogP contribution < -0.4 is 4.90 Å². The number of anilines is 1. The molecule has 170 valence electrons. The lowest BCUT2D eigenvalue weighted by Gasteiger charge is -2.20. The van der Waals surface area contributed by atoms with Crippen LogP contribution in [0.5, 0.6) is 0 Å². The fourth-order valence-electron chi connectivity index (χ4n) is 3.60. The van der Waals surface area contributed by atoms with Gasteiger partial charge in [0.25, 0.3) is 0 Å². The number of fused-ring (bicyclic) bond motifs is 1. The minimum atomic E-state index is -0.00144. The molecule has 0 saturated carbocycles. The van der Waals surface area contributed by atoms with E-state index >= 15 is 0 Å². The topological polar surface area (TPSA) is 63.9 Å². The molecule has 6 nitrogen and oxygen atoms in total. The fraction of sp³-hybridized carbons (Fsp3) is 0.154. The van der Waals surface area contributed by atoms with E-state index < -0.39 is 0 Å². The summed E-state index contributed by atoms with van der Waals surface area (Å²) >= 11 is 2.93. The normalized spacial score (nSPS) is 11.1. The number of para-hydroxylation sites is 1. The number of rotatable bonds is 8. The van der Waals surface area contributed by atoms with Crippen molar-refractivity contribution in [3.63, 3.8) is 0 Å². The predicted molar refractivity (Wildman–Crippen MR) is 139 cm³/mol. The van der Waals surface area contributed by atoms with Gasteiger partial charge in [0.05, 0.1) is 16.0 Å². The summed E-state index contributed by atoms with van der Waals surface area (Å²) in [6.45, 7) is 2.62. The van der Waals surface area contributed by atoms with Gasteiger partial charge in [-0.15, -0.1) is 10.2 Å². The van der Waals surface area contributed by atoms with Crippen molar-refractivity contribution < 1.29 is 4.79 Å². The van der Waals surface area contributed by atoms with Crippen molar-refractivity contribution in [1.29, 1.82) is 0 Å². The number of nitrogens with zero attached hydrogens (tertiary/aromatic N) is 5. The highest BCUT2D eigenvalue weighted by Gasteiger charge is 2.21. The maximum absolute atomic E-state index is 13.4. The van der Waals surface area contributed by atoms with Crippen LogP contribution in [-0.4, -0.2) is 38.0 Å². The third-order valence-corrected chi connectivity index (χ3v) is 7.42. The van der Waals surface area contributed by atoms with Crippen molar-refractivity contribution in [3.05, 3.63) is 96.3 Å². The zero-order valence-corrected chi connectivity index (χ0v) is 20.3. The molecule has 0 spiro atoms. The predicted octanol–water partition coefficient (Wildman–Crippen LogP) is 5.55. The number of thiazole rings is 1. The maximum atomic E-state index is 13.4. The molecule has 2 heterocycles. The number of aromatic nitrogens is 4. The zero-order chi connectivity index (χ0) is 23.3. The first kappa shape index (κ1) is 22.3. The van der Waals surface area contributed by atoms with Gasteiger partial charge in [0.1, 0.15) is 6.33 Å². The SMILES string of the molecule is Cc1ccc(-n2cnnc2SCC(=O)N(CCc2ccccc2)c2nc3ccccc3s2)cc1. The van der Waals surface area contributed by atoms with Crippen molar-refractivity contribution in [2.45, 2.75) is 18.5 Å². The van der Waals surface area contributed by atoms with E-state index in [9.17, 15) is 4.79 Å². The van der Waals surface area contributed by atoms with E-state index in [0.717, 1.165) is 27.5 Å². The zero-order valence-electron chi connectivity index (χ0n) is 18.7. The van der Waals surface area contributed by atoms with E-state index in [4.69, 9.17) is 4.98 Å². The van der Waals surface area contributed by atoms with Gasteiger partial charge in [-0.3, -0.25) is 14.3 Å². The number of thioether (sulfide) groups is 1. The Bertz CT molecular complexity index is 1360. The van der Waals surface area contributed by atoms with Crippen LogP contribution in [0.4, 0.5) is 5.13 Å². The highest BCUT2D eigenvalue weighted by atomic mass is 32.2. The Morgan fingerprint density at radius 3 is 2.56 bits per heavy atom. The molecule has 0 radical (unpaired) electrons. The average Bonchev–Trinajstić information content (AvgIpc) is 3.51. The van der Waals surface area contributed by atoms with Crippen molar-refractivity contribution in [3.8, 4) is 5.69 Å². The molecule has 0 aliphatic heterocycles. The summed E-state index contributed by atoms with van der Waals surface area (Å²) in [5.41, 5.74) is 4.25. The van der Waals surface area contributed by atoms with Crippen molar-refractivity contribution >= 4 is 44.4 Å². The molecule has 8 heteroatoms. The number of hydrogen-bond donors (Lipinski definition) is 0. The van der Waals surface area contributed by atoms with Crippen molar-refractivity contribution in [2.75, 3.05) is 17.2 Å². The third kappa shape index (κ3) is 5.03. The Hall–Kier alpha value is -3.49. The van der Waals surface area contributed by atoms with Crippen LogP contribution >= 0.6 is 23.1 Å². The van der Waals surface area contributed by atoms with E-state index in [-0.39, 0.29) is 11.7 Å². The molecule has 5 rings (SSSR count). The van der Waals surface area contributed by atoms with Gasteiger partial charge in [0, 0.05) is 12.2 Å². The molecule has 0 N–H and O–H groups in total. The summed E-state index contributed by atoms with van der Waals surface area (Å²) in [6, 6.07) is 26.3. The summed E-state index contributed by atoms with van der Waals surface area (Å²) in [5, 5.41) is 9.71. The Morgan fingerprint density at radius 2 is 1.76 bits per heavy atom.